The lowest BCUT2D eigenvalue weighted by molar-refractivity contribution is 0.0595. The Hall–Kier alpha value is -1.71. The summed E-state index contributed by atoms with van der Waals surface area (Å²) >= 11 is 3.57. The van der Waals surface area contributed by atoms with E-state index >= 15 is 0 Å². The van der Waals surface area contributed by atoms with Gasteiger partial charge in [0.2, 0.25) is 0 Å². The number of hydrogen-bond donors (Lipinski definition) is 3. The van der Waals surface area contributed by atoms with Crippen molar-refractivity contribution >= 4 is 50.9 Å². The number of amides is 1. The third-order valence-corrected chi connectivity index (χ3v) is 7.72. The van der Waals surface area contributed by atoms with Crippen molar-refractivity contribution in [1.29, 1.82) is 0 Å². The van der Waals surface area contributed by atoms with Gasteiger partial charge in [0.25, 0.3) is 5.91 Å². The SMILES string of the molecule is CCC(NC(=O)c1ccc2sc(C(F)(F)P(=O)(O)O)c(Br)c2c1)c1ccccn1. The van der Waals surface area contributed by atoms with Crippen LogP contribution in [0, 0.1) is 0 Å². The van der Waals surface area contributed by atoms with E-state index in [0.717, 1.165) is 0 Å². The minimum Gasteiger partial charge on any atom is -0.344 e. The highest BCUT2D eigenvalue weighted by atomic mass is 79.9. The van der Waals surface area contributed by atoms with E-state index in [2.05, 4.69) is 26.2 Å². The quantitative estimate of drug-likeness (QED) is 0.402. The maximum atomic E-state index is 14.2. The van der Waals surface area contributed by atoms with Crippen LogP contribution in [0.4, 0.5) is 8.78 Å². The number of pyridine rings is 1. The molecule has 0 bridgehead atoms. The van der Waals surface area contributed by atoms with Crippen LogP contribution >= 0.6 is 34.9 Å². The van der Waals surface area contributed by atoms with E-state index < -0.39 is 24.0 Å². The van der Waals surface area contributed by atoms with Crippen LogP contribution in [0.2, 0.25) is 0 Å². The molecule has 0 fully saturated rings. The van der Waals surface area contributed by atoms with Crippen molar-refractivity contribution in [3.63, 3.8) is 0 Å². The van der Waals surface area contributed by atoms with Crippen LogP contribution in [-0.4, -0.2) is 20.7 Å². The van der Waals surface area contributed by atoms with Gasteiger partial charge in [0.15, 0.2) is 0 Å². The van der Waals surface area contributed by atoms with Crippen molar-refractivity contribution < 1.29 is 27.9 Å². The largest absolute Gasteiger partial charge is 0.400 e. The lowest BCUT2D eigenvalue weighted by Gasteiger charge is -2.16. The zero-order chi connectivity index (χ0) is 21.4. The summed E-state index contributed by atoms with van der Waals surface area (Å²) in [4.78, 5) is 34.1. The molecule has 11 heteroatoms. The maximum Gasteiger partial charge on any atom is 0.400 e. The predicted octanol–water partition coefficient (Wildman–Crippen LogP) is 5.17. The average Bonchev–Trinajstić information content (AvgIpc) is 3.02. The number of rotatable bonds is 6. The Morgan fingerprint density at radius 3 is 2.66 bits per heavy atom. The summed E-state index contributed by atoms with van der Waals surface area (Å²) in [5.41, 5.74) is -3.40. The second kappa shape index (κ2) is 8.20. The second-order valence-corrected chi connectivity index (χ2v) is 9.73. The average molecular weight is 505 g/mol. The van der Waals surface area contributed by atoms with Gasteiger partial charge in [-0.3, -0.25) is 14.3 Å². The van der Waals surface area contributed by atoms with E-state index in [9.17, 15) is 18.1 Å². The Kier molecular flexibility index (Phi) is 6.21. The number of carbonyl (C=O) groups is 1. The summed E-state index contributed by atoms with van der Waals surface area (Å²) in [5.74, 6) is -0.411. The summed E-state index contributed by atoms with van der Waals surface area (Å²) in [6.07, 6.45) is 2.23. The van der Waals surface area contributed by atoms with E-state index in [1.807, 2.05) is 13.0 Å². The molecule has 3 rings (SSSR count). The number of aromatic nitrogens is 1. The second-order valence-electron chi connectivity index (χ2n) is 6.23. The number of fused-ring (bicyclic) bond motifs is 1. The molecule has 0 aliphatic rings. The molecule has 1 aromatic carbocycles. The molecular weight excluding hydrogens is 489 g/mol. The highest BCUT2D eigenvalue weighted by Crippen LogP contribution is 2.62. The number of carbonyl (C=O) groups excluding carboxylic acids is 1. The van der Waals surface area contributed by atoms with E-state index in [1.54, 1.807) is 18.3 Å². The van der Waals surface area contributed by atoms with Crippen LogP contribution in [-0.2, 0) is 10.2 Å². The normalized spacial score (nSPS) is 13.4. The zero-order valence-electron chi connectivity index (χ0n) is 15.0. The fraction of sp³-hybridized carbons (Fsp3) is 0.222. The van der Waals surface area contributed by atoms with E-state index in [0.29, 0.717) is 28.2 Å². The molecule has 0 saturated carbocycles. The number of halogens is 3. The Labute approximate surface area is 177 Å². The minimum atomic E-state index is -5.70. The number of thiophene rings is 1. The fourth-order valence-electron chi connectivity index (χ4n) is 2.74. The summed E-state index contributed by atoms with van der Waals surface area (Å²) < 4.78 is 39.7. The lowest BCUT2D eigenvalue weighted by atomic mass is 10.1. The molecule has 0 radical (unpaired) electrons. The third kappa shape index (κ3) is 4.27. The van der Waals surface area contributed by atoms with Gasteiger partial charge in [-0.05, 0) is 52.7 Å². The van der Waals surface area contributed by atoms with E-state index in [1.165, 1.54) is 18.2 Å². The Morgan fingerprint density at radius 1 is 1.34 bits per heavy atom. The van der Waals surface area contributed by atoms with Crippen LogP contribution in [0.15, 0.2) is 47.1 Å². The number of nitrogens with zero attached hydrogens (tertiary/aromatic N) is 1. The van der Waals surface area contributed by atoms with Gasteiger partial charge in [-0.15, -0.1) is 11.3 Å². The Morgan fingerprint density at radius 2 is 2.07 bits per heavy atom. The van der Waals surface area contributed by atoms with Crippen molar-refractivity contribution in [2.24, 2.45) is 0 Å². The van der Waals surface area contributed by atoms with Gasteiger partial charge in [-0.25, -0.2) is 0 Å². The van der Waals surface area contributed by atoms with Crippen LogP contribution in [0.25, 0.3) is 10.1 Å². The van der Waals surface area contributed by atoms with Gasteiger partial charge in [-0.2, -0.15) is 8.78 Å². The number of benzene rings is 1. The van der Waals surface area contributed by atoms with Crippen molar-refractivity contribution in [3.05, 3.63) is 63.2 Å². The molecule has 0 saturated heterocycles. The van der Waals surface area contributed by atoms with Crippen molar-refractivity contribution in [2.45, 2.75) is 25.1 Å². The number of alkyl halides is 2. The molecule has 0 spiro atoms. The molecule has 2 heterocycles. The summed E-state index contributed by atoms with van der Waals surface area (Å²) in [7, 11) is -5.70. The highest BCUT2D eigenvalue weighted by Gasteiger charge is 2.53. The smallest absolute Gasteiger partial charge is 0.344 e. The molecule has 1 unspecified atom stereocenters. The topological polar surface area (TPSA) is 99.5 Å². The van der Waals surface area contributed by atoms with Gasteiger partial charge in [-0.1, -0.05) is 13.0 Å². The van der Waals surface area contributed by atoms with Crippen molar-refractivity contribution in [1.82, 2.24) is 10.3 Å². The first-order chi connectivity index (χ1) is 13.6. The van der Waals surface area contributed by atoms with Gasteiger partial charge >= 0.3 is 13.3 Å². The summed E-state index contributed by atoms with van der Waals surface area (Å²) in [5, 5.41) is 3.13. The van der Waals surface area contributed by atoms with Gasteiger partial charge in [0.1, 0.15) is 4.88 Å². The molecule has 154 valence electrons. The Balaban J connectivity index is 1.94. The van der Waals surface area contributed by atoms with E-state index in [4.69, 9.17) is 9.79 Å². The van der Waals surface area contributed by atoms with Crippen molar-refractivity contribution in [2.75, 3.05) is 0 Å². The lowest BCUT2D eigenvalue weighted by Crippen LogP contribution is -2.28. The molecule has 3 aromatic rings. The monoisotopic (exact) mass is 504 g/mol. The summed E-state index contributed by atoms with van der Waals surface area (Å²) in [6, 6.07) is 9.42. The molecule has 0 aliphatic carbocycles. The van der Waals surface area contributed by atoms with Crippen molar-refractivity contribution in [3.8, 4) is 0 Å². The van der Waals surface area contributed by atoms with Crippen LogP contribution in [0.3, 0.4) is 0 Å². The predicted molar refractivity (Wildman–Crippen MR) is 110 cm³/mol. The van der Waals surface area contributed by atoms with Gasteiger partial charge < -0.3 is 15.1 Å². The fourth-order valence-corrected chi connectivity index (χ4v) is 5.67. The first kappa shape index (κ1) is 22.0. The Bertz CT molecular complexity index is 1100. The molecule has 1 amide bonds. The molecule has 0 aliphatic heterocycles. The first-order valence-corrected chi connectivity index (χ1v) is 11.7. The standard InChI is InChI=1S/C18H16BrF2N2O4PS/c1-2-12(13-5-3-4-8-22-13)23-17(24)10-6-7-14-11(9-10)15(19)16(29-14)18(20,21)28(25,26)27/h3-9,12H,2H2,1H3,(H,23,24)(H2,25,26,27). The van der Waals surface area contributed by atoms with Crippen LogP contribution in [0.1, 0.15) is 40.3 Å². The van der Waals surface area contributed by atoms with E-state index in [-0.39, 0.29) is 21.5 Å². The summed E-state index contributed by atoms with van der Waals surface area (Å²) in [6.45, 7) is 1.90. The third-order valence-electron chi connectivity index (χ3n) is 4.29. The van der Waals surface area contributed by atoms with Gasteiger partial charge in [0, 0.05) is 26.3 Å². The molecule has 6 nitrogen and oxygen atoms in total. The first-order valence-electron chi connectivity index (χ1n) is 8.44. The van der Waals surface area contributed by atoms with Crippen LogP contribution in [0.5, 0.6) is 0 Å². The molecule has 1 atom stereocenters. The van der Waals surface area contributed by atoms with Gasteiger partial charge in [0.05, 0.1) is 11.7 Å². The molecular formula is C18H16BrF2N2O4PS. The minimum absolute atomic E-state index is 0.141. The molecule has 2 aromatic heterocycles. The maximum absolute atomic E-state index is 14.2. The van der Waals surface area contributed by atoms with Crippen LogP contribution < -0.4 is 5.32 Å². The molecule has 3 N–H and O–H groups in total. The number of hydrogen-bond acceptors (Lipinski definition) is 4. The number of nitrogens with one attached hydrogen (secondary N) is 1. The molecule has 29 heavy (non-hydrogen) atoms. The zero-order valence-corrected chi connectivity index (χ0v) is 18.3. The highest BCUT2D eigenvalue weighted by molar-refractivity contribution is 9.10.